The fourth-order valence-corrected chi connectivity index (χ4v) is 3.61. The summed E-state index contributed by atoms with van der Waals surface area (Å²) in [5, 5.41) is 19.8. The second-order valence-corrected chi connectivity index (χ2v) is 7.05. The van der Waals surface area contributed by atoms with Crippen LogP contribution in [-0.4, -0.2) is 16.1 Å². The number of fused-ring (bicyclic) bond motifs is 2. The van der Waals surface area contributed by atoms with Gasteiger partial charge in [0.15, 0.2) is 5.11 Å². The third-order valence-electron chi connectivity index (χ3n) is 4.49. The smallest absolute Gasteiger partial charge is 0.258 e. The van der Waals surface area contributed by atoms with Crippen molar-refractivity contribution >= 4 is 62.1 Å². The number of benzene rings is 4. The SMILES string of the molecule is O=C(NC(=S)Nc1c(O)ccc2ccccc12)c1cccc2c(Cl)cccc12. The van der Waals surface area contributed by atoms with Gasteiger partial charge in [-0.1, -0.05) is 66.2 Å². The highest BCUT2D eigenvalue weighted by atomic mass is 35.5. The summed E-state index contributed by atoms with van der Waals surface area (Å²) in [6.45, 7) is 0. The molecule has 0 aromatic heterocycles. The van der Waals surface area contributed by atoms with Crippen LogP contribution in [0.15, 0.2) is 72.8 Å². The average molecular weight is 407 g/mol. The first-order valence-electron chi connectivity index (χ1n) is 8.55. The molecule has 0 radical (unpaired) electrons. The fourth-order valence-electron chi connectivity index (χ4n) is 3.18. The maximum absolute atomic E-state index is 12.8. The molecular formula is C22H15ClN2O2S. The number of phenolic OH excluding ortho intramolecular Hbond substituents is 1. The third-order valence-corrected chi connectivity index (χ3v) is 5.02. The fraction of sp³-hybridized carbons (Fsp3) is 0. The van der Waals surface area contributed by atoms with Gasteiger partial charge in [0.2, 0.25) is 0 Å². The number of hydrogen-bond acceptors (Lipinski definition) is 3. The van der Waals surface area contributed by atoms with Crippen molar-refractivity contribution < 1.29 is 9.90 Å². The van der Waals surface area contributed by atoms with E-state index in [2.05, 4.69) is 10.6 Å². The predicted molar refractivity (Wildman–Crippen MR) is 118 cm³/mol. The summed E-state index contributed by atoms with van der Waals surface area (Å²) in [5.74, 6) is -0.308. The van der Waals surface area contributed by atoms with Crippen LogP contribution in [0.25, 0.3) is 21.5 Å². The predicted octanol–water partition coefficient (Wildman–Crippen LogP) is 5.48. The molecule has 0 fully saturated rings. The molecule has 4 nitrogen and oxygen atoms in total. The molecule has 0 atom stereocenters. The Morgan fingerprint density at radius 1 is 0.857 bits per heavy atom. The standard InChI is InChI=1S/C22H15ClN2O2S/c23-18-10-4-7-15-16(18)8-3-9-17(15)21(27)25-22(28)24-20-14-6-2-1-5-13(14)11-12-19(20)26/h1-12,26H,(H2,24,25,27,28). The molecule has 0 saturated carbocycles. The summed E-state index contributed by atoms with van der Waals surface area (Å²) in [6, 6.07) is 21.7. The largest absolute Gasteiger partial charge is 0.506 e. The quantitative estimate of drug-likeness (QED) is 0.305. The number of carbonyl (C=O) groups excluding carboxylic acids is 1. The summed E-state index contributed by atoms with van der Waals surface area (Å²) < 4.78 is 0. The van der Waals surface area contributed by atoms with E-state index in [1.54, 1.807) is 30.3 Å². The summed E-state index contributed by atoms with van der Waals surface area (Å²) in [4.78, 5) is 12.8. The minimum Gasteiger partial charge on any atom is -0.506 e. The van der Waals surface area contributed by atoms with E-state index in [0.29, 0.717) is 16.3 Å². The average Bonchev–Trinajstić information content (AvgIpc) is 2.70. The lowest BCUT2D eigenvalue weighted by Gasteiger charge is -2.14. The normalized spacial score (nSPS) is 10.8. The van der Waals surface area contributed by atoms with Crippen LogP contribution in [0.3, 0.4) is 0 Å². The van der Waals surface area contributed by atoms with Gasteiger partial charge in [0.25, 0.3) is 5.91 Å². The number of amides is 1. The van der Waals surface area contributed by atoms with Crippen LogP contribution >= 0.6 is 23.8 Å². The number of rotatable bonds is 2. The number of anilines is 1. The van der Waals surface area contributed by atoms with Gasteiger partial charge in [-0.3, -0.25) is 10.1 Å². The molecule has 28 heavy (non-hydrogen) atoms. The van der Waals surface area contributed by atoms with Gasteiger partial charge in [-0.2, -0.15) is 0 Å². The second-order valence-electron chi connectivity index (χ2n) is 6.23. The lowest BCUT2D eigenvalue weighted by atomic mass is 10.0. The van der Waals surface area contributed by atoms with Crippen LogP contribution in [0.2, 0.25) is 5.02 Å². The Labute approximate surface area is 171 Å². The molecule has 4 rings (SSSR count). The number of halogens is 1. The lowest BCUT2D eigenvalue weighted by molar-refractivity contribution is 0.0979. The van der Waals surface area contributed by atoms with Gasteiger partial charge in [-0.05, 0) is 41.2 Å². The zero-order valence-electron chi connectivity index (χ0n) is 14.6. The zero-order chi connectivity index (χ0) is 19.7. The Morgan fingerprint density at radius 3 is 2.43 bits per heavy atom. The van der Waals surface area contributed by atoms with Crippen LogP contribution in [0.4, 0.5) is 5.69 Å². The number of nitrogens with one attached hydrogen (secondary N) is 2. The topological polar surface area (TPSA) is 61.4 Å². The molecule has 1 amide bonds. The van der Waals surface area contributed by atoms with E-state index in [9.17, 15) is 9.90 Å². The van der Waals surface area contributed by atoms with Gasteiger partial charge in [0.1, 0.15) is 5.75 Å². The first-order chi connectivity index (χ1) is 13.5. The Hall–Kier alpha value is -3.15. The molecule has 0 aliphatic rings. The van der Waals surface area contributed by atoms with E-state index in [1.807, 2.05) is 42.5 Å². The van der Waals surface area contributed by atoms with Crippen LogP contribution in [0.5, 0.6) is 5.75 Å². The highest BCUT2D eigenvalue weighted by Crippen LogP contribution is 2.32. The maximum atomic E-state index is 12.8. The summed E-state index contributed by atoms with van der Waals surface area (Å²) in [7, 11) is 0. The van der Waals surface area contributed by atoms with Crippen molar-refractivity contribution in [3.8, 4) is 5.75 Å². The van der Waals surface area contributed by atoms with Crippen molar-refractivity contribution in [2.24, 2.45) is 0 Å². The molecule has 0 aliphatic carbocycles. The number of phenols is 1. The molecule has 0 heterocycles. The monoisotopic (exact) mass is 406 g/mol. The highest BCUT2D eigenvalue weighted by molar-refractivity contribution is 7.80. The second kappa shape index (κ2) is 7.46. The molecule has 0 unspecified atom stereocenters. The first-order valence-corrected chi connectivity index (χ1v) is 9.33. The molecule has 138 valence electrons. The molecule has 4 aromatic rings. The highest BCUT2D eigenvalue weighted by Gasteiger charge is 2.14. The van der Waals surface area contributed by atoms with Gasteiger partial charge in [0, 0.05) is 21.4 Å². The van der Waals surface area contributed by atoms with E-state index in [-0.39, 0.29) is 16.8 Å². The van der Waals surface area contributed by atoms with Gasteiger partial charge in [-0.25, -0.2) is 0 Å². The van der Waals surface area contributed by atoms with Crippen LogP contribution in [0, 0.1) is 0 Å². The lowest BCUT2D eigenvalue weighted by Crippen LogP contribution is -2.34. The van der Waals surface area contributed by atoms with Gasteiger partial charge < -0.3 is 10.4 Å². The zero-order valence-corrected chi connectivity index (χ0v) is 16.1. The minimum absolute atomic E-state index is 0.0484. The van der Waals surface area contributed by atoms with E-state index in [0.717, 1.165) is 21.5 Å². The van der Waals surface area contributed by atoms with Crippen LogP contribution in [-0.2, 0) is 0 Å². The minimum atomic E-state index is -0.356. The molecule has 4 aromatic carbocycles. The van der Waals surface area contributed by atoms with Crippen molar-refractivity contribution in [2.45, 2.75) is 0 Å². The van der Waals surface area contributed by atoms with E-state index >= 15 is 0 Å². The van der Waals surface area contributed by atoms with Gasteiger partial charge in [-0.15, -0.1) is 0 Å². The van der Waals surface area contributed by atoms with Crippen LogP contribution < -0.4 is 10.6 Å². The molecular weight excluding hydrogens is 392 g/mol. The van der Waals surface area contributed by atoms with Crippen LogP contribution in [0.1, 0.15) is 10.4 Å². The van der Waals surface area contributed by atoms with E-state index in [4.69, 9.17) is 23.8 Å². The van der Waals surface area contributed by atoms with Crippen molar-refractivity contribution in [1.82, 2.24) is 5.32 Å². The van der Waals surface area contributed by atoms with Gasteiger partial charge in [0.05, 0.1) is 5.69 Å². The maximum Gasteiger partial charge on any atom is 0.258 e. The van der Waals surface area contributed by atoms with Crippen molar-refractivity contribution in [3.63, 3.8) is 0 Å². The van der Waals surface area contributed by atoms with E-state index < -0.39 is 0 Å². The third kappa shape index (κ3) is 3.38. The molecule has 0 bridgehead atoms. The number of carbonyl (C=O) groups is 1. The summed E-state index contributed by atoms with van der Waals surface area (Å²) in [5.41, 5.74) is 0.913. The molecule has 6 heteroatoms. The summed E-state index contributed by atoms with van der Waals surface area (Å²) >= 11 is 11.5. The Bertz CT molecular complexity index is 1240. The molecule has 3 N–H and O–H groups in total. The van der Waals surface area contributed by atoms with E-state index in [1.165, 1.54) is 0 Å². The molecule has 0 saturated heterocycles. The summed E-state index contributed by atoms with van der Waals surface area (Å²) in [6.07, 6.45) is 0. The number of aromatic hydroxyl groups is 1. The Balaban J connectivity index is 1.61. The Morgan fingerprint density at radius 2 is 1.57 bits per heavy atom. The molecule has 0 aliphatic heterocycles. The number of thiocarbonyl (C=S) groups is 1. The molecule has 0 spiro atoms. The Kier molecular flexibility index (Phi) is 4.86. The first kappa shape index (κ1) is 18.2. The van der Waals surface area contributed by atoms with Gasteiger partial charge >= 0.3 is 0 Å². The van der Waals surface area contributed by atoms with Crippen molar-refractivity contribution in [1.29, 1.82) is 0 Å². The van der Waals surface area contributed by atoms with Crippen molar-refractivity contribution in [2.75, 3.05) is 5.32 Å². The number of hydrogen-bond donors (Lipinski definition) is 3. The van der Waals surface area contributed by atoms with Crippen molar-refractivity contribution in [3.05, 3.63) is 83.4 Å².